The van der Waals surface area contributed by atoms with Gasteiger partial charge in [0.25, 0.3) is 0 Å². The van der Waals surface area contributed by atoms with Gasteiger partial charge in [-0.1, -0.05) is 0 Å². The number of aliphatic hydroxyl groups is 1. The molecule has 1 aliphatic heterocycles. The van der Waals surface area contributed by atoms with Gasteiger partial charge in [-0.05, 0) is 24.3 Å². The Labute approximate surface area is 116 Å². The molecule has 1 fully saturated rings. The van der Waals surface area contributed by atoms with Crippen molar-refractivity contribution >= 4 is 31.2 Å². The molecular formula is C10H15NO5S3. The van der Waals surface area contributed by atoms with E-state index in [1.54, 1.807) is 5.38 Å². The van der Waals surface area contributed by atoms with Gasteiger partial charge in [0.05, 0.1) is 23.0 Å². The number of hydrogen-bond donors (Lipinski definition) is 2. The molecule has 0 radical (unpaired) electrons. The largest absolute Gasteiger partial charge is 0.391 e. The lowest BCUT2D eigenvalue weighted by molar-refractivity contribution is 0.282. The van der Waals surface area contributed by atoms with Crippen molar-refractivity contribution in [2.45, 2.75) is 30.4 Å². The van der Waals surface area contributed by atoms with Gasteiger partial charge in [-0.15, -0.1) is 11.3 Å². The van der Waals surface area contributed by atoms with Gasteiger partial charge in [0.1, 0.15) is 0 Å². The molecule has 0 amide bonds. The minimum absolute atomic E-state index is 0.0305. The molecule has 0 saturated carbocycles. The van der Waals surface area contributed by atoms with Gasteiger partial charge in [-0.2, -0.15) is 0 Å². The Morgan fingerprint density at radius 3 is 2.84 bits per heavy atom. The lowest BCUT2D eigenvalue weighted by Crippen LogP contribution is -2.43. The minimum atomic E-state index is -3.77. The molecule has 1 atom stereocenters. The quantitative estimate of drug-likeness (QED) is 0.817. The maximum atomic E-state index is 12.1. The fourth-order valence-electron chi connectivity index (χ4n) is 2.08. The highest BCUT2D eigenvalue weighted by Gasteiger charge is 2.29. The fraction of sp³-hybridized carbons (Fsp3) is 0.600. The smallest absolute Gasteiger partial charge is 0.242 e. The molecule has 9 heteroatoms. The van der Waals surface area contributed by atoms with E-state index >= 15 is 0 Å². The summed E-state index contributed by atoms with van der Waals surface area (Å²) in [4.78, 5) is 0.383. The summed E-state index contributed by atoms with van der Waals surface area (Å²) in [5.41, 5.74) is 0. The summed E-state index contributed by atoms with van der Waals surface area (Å²) < 4.78 is 49.7. The summed E-state index contributed by atoms with van der Waals surface area (Å²) in [6.45, 7) is -0.350. The van der Waals surface area contributed by atoms with Crippen LogP contribution in [0.15, 0.2) is 16.3 Å². The maximum absolute atomic E-state index is 12.1. The van der Waals surface area contributed by atoms with Crippen molar-refractivity contribution in [1.29, 1.82) is 0 Å². The van der Waals surface area contributed by atoms with Gasteiger partial charge >= 0.3 is 0 Å². The summed E-state index contributed by atoms with van der Waals surface area (Å²) in [7, 11) is -6.94. The molecule has 1 saturated heterocycles. The van der Waals surface area contributed by atoms with Gasteiger partial charge in [0, 0.05) is 10.9 Å². The second-order valence-electron chi connectivity index (χ2n) is 4.44. The predicted molar refractivity (Wildman–Crippen MR) is 72.2 cm³/mol. The zero-order valence-electron chi connectivity index (χ0n) is 10.1. The van der Waals surface area contributed by atoms with E-state index in [4.69, 9.17) is 5.11 Å². The van der Waals surface area contributed by atoms with Crippen molar-refractivity contribution in [3.05, 3.63) is 16.3 Å². The van der Waals surface area contributed by atoms with Crippen molar-refractivity contribution in [2.75, 3.05) is 11.5 Å². The van der Waals surface area contributed by atoms with Gasteiger partial charge in [0.2, 0.25) is 10.0 Å². The van der Waals surface area contributed by atoms with Gasteiger partial charge in [0.15, 0.2) is 9.84 Å². The molecule has 2 rings (SSSR count). The Balaban J connectivity index is 2.18. The number of aliphatic hydroxyl groups excluding tert-OH is 1. The van der Waals surface area contributed by atoms with Crippen LogP contribution in [0.25, 0.3) is 0 Å². The van der Waals surface area contributed by atoms with E-state index in [1.165, 1.54) is 6.07 Å². The molecule has 2 heterocycles. The molecule has 0 bridgehead atoms. The first-order chi connectivity index (χ1) is 8.84. The third kappa shape index (κ3) is 3.54. The first-order valence-electron chi connectivity index (χ1n) is 5.74. The third-order valence-corrected chi connectivity index (χ3v) is 7.38. The Morgan fingerprint density at radius 1 is 1.47 bits per heavy atom. The highest BCUT2D eigenvalue weighted by Crippen LogP contribution is 2.23. The monoisotopic (exact) mass is 325 g/mol. The number of thiophene rings is 1. The normalized spacial score (nSPS) is 23.3. The highest BCUT2D eigenvalue weighted by atomic mass is 32.2. The molecule has 0 aromatic carbocycles. The van der Waals surface area contributed by atoms with Crippen molar-refractivity contribution in [3.8, 4) is 0 Å². The van der Waals surface area contributed by atoms with Crippen LogP contribution in [0, 0.1) is 0 Å². The van der Waals surface area contributed by atoms with Crippen molar-refractivity contribution < 1.29 is 21.9 Å². The second-order valence-corrected chi connectivity index (χ2v) is 9.35. The van der Waals surface area contributed by atoms with Crippen molar-refractivity contribution in [1.82, 2.24) is 4.72 Å². The summed E-state index contributed by atoms with van der Waals surface area (Å²) in [5, 5.41) is 10.7. The summed E-state index contributed by atoms with van der Waals surface area (Å²) in [6.07, 6.45) is 0.975. The molecule has 1 aromatic rings. The van der Waals surface area contributed by atoms with Gasteiger partial charge in [-0.25, -0.2) is 21.6 Å². The number of sulfone groups is 1. The van der Waals surface area contributed by atoms with Crippen LogP contribution in [0.1, 0.15) is 17.7 Å². The van der Waals surface area contributed by atoms with Crippen LogP contribution in [0.5, 0.6) is 0 Å². The second kappa shape index (κ2) is 5.49. The summed E-state index contributed by atoms with van der Waals surface area (Å²) >= 11 is 1.15. The fourth-order valence-corrected chi connectivity index (χ4v) is 6.39. The molecule has 0 spiro atoms. The van der Waals surface area contributed by atoms with Crippen molar-refractivity contribution in [2.24, 2.45) is 0 Å². The lowest BCUT2D eigenvalue weighted by Gasteiger charge is -2.22. The lowest BCUT2D eigenvalue weighted by atomic mass is 10.2. The Bertz CT molecular complexity index is 646. The van der Waals surface area contributed by atoms with E-state index in [1.807, 2.05) is 0 Å². The highest BCUT2D eigenvalue weighted by molar-refractivity contribution is 7.91. The molecule has 0 aliphatic carbocycles. The van der Waals surface area contributed by atoms with Crippen LogP contribution in [0.3, 0.4) is 0 Å². The first kappa shape index (κ1) is 14.9. The molecule has 108 valence electrons. The van der Waals surface area contributed by atoms with E-state index in [9.17, 15) is 16.8 Å². The summed E-state index contributed by atoms with van der Waals surface area (Å²) in [5.74, 6) is -0.0452. The van der Waals surface area contributed by atoms with Gasteiger partial charge < -0.3 is 5.11 Å². The average molecular weight is 325 g/mol. The molecule has 19 heavy (non-hydrogen) atoms. The van der Waals surface area contributed by atoms with Crippen molar-refractivity contribution in [3.63, 3.8) is 0 Å². The minimum Gasteiger partial charge on any atom is -0.391 e. The van der Waals surface area contributed by atoms with E-state index in [-0.39, 0.29) is 23.0 Å². The van der Waals surface area contributed by atoms with Crippen LogP contribution in [-0.4, -0.2) is 39.5 Å². The molecule has 1 unspecified atom stereocenters. The van der Waals surface area contributed by atoms with E-state index in [0.717, 1.165) is 11.3 Å². The molecular weight excluding hydrogens is 310 g/mol. The molecule has 2 N–H and O–H groups in total. The van der Waals surface area contributed by atoms with E-state index < -0.39 is 25.9 Å². The number of sulfonamides is 1. The Hall–Kier alpha value is -0.480. The topological polar surface area (TPSA) is 101 Å². The van der Waals surface area contributed by atoms with E-state index in [2.05, 4.69) is 4.72 Å². The van der Waals surface area contributed by atoms with Crippen LogP contribution >= 0.6 is 11.3 Å². The number of nitrogens with one attached hydrogen (secondary N) is 1. The Morgan fingerprint density at radius 2 is 2.21 bits per heavy atom. The third-order valence-electron chi connectivity index (χ3n) is 2.92. The number of rotatable bonds is 4. The van der Waals surface area contributed by atoms with E-state index in [0.29, 0.717) is 17.7 Å². The van der Waals surface area contributed by atoms with Crippen LogP contribution in [0.2, 0.25) is 0 Å². The predicted octanol–water partition coefficient (Wildman–Crippen LogP) is 0.0959. The van der Waals surface area contributed by atoms with Crippen LogP contribution < -0.4 is 4.72 Å². The molecule has 6 nitrogen and oxygen atoms in total. The van der Waals surface area contributed by atoms with Crippen LogP contribution in [0.4, 0.5) is 0 Å². The zero-order valence-corrected chi connectivity index (χ0v) is 12.5. The van der Waals surface area contributed by atoms with Crippen LogP contribution in [-0.2, 0) is 26.5 Å². The molecule has 1 aliphatic rings. The molecule has 1 aromatic heterocycles. The summed E-state index contributed by atoms with van der Waals surface area (Å²) in [6, 6.07) is 0.825. The Kier molecular flexibility index (Phi) is 4.31. The standard InChI is InChI=1S/C10H15NO5S3/c12-6-9-10(3-4-17-9)19(15,16)11-8-2-1-5-18(13,14)7-8/h3-4,8,11-12H,1-2,5-7H2. The first-order valence-corrected chi connectivity index (χ1v) is 9.92. The van der Waals surface area contributed by atoms with Gasteiger partial charge in [-0.3, -0.25) is 0 Å². The maximum Gasteiger partial charge on any atom is 0.242 e. The SMILES string of the molecule is O=S1(=O)CCCC(NS(=O)(=O)c2ccsc2CO)C1. The average Bonchev–Trinajstić information content (AvgIpc) is 2.75. The number of hydrogen-bond acceptors (Lipinski definition) is 6. The zero-order chi connectivity index (χ0) is 14.1.